The molecule has 2 N–H and O–H groups in total. The number of aryl methyl sites for hydroxylation is 2. The molecule has 0 atom stereocenters. The summed E-state index contributed by atoms with van der Waals surface area (Å²) in [5.41, 5.74) is 1.29. The van der Waals surface area contributed by atoms with E-state index >= 15 is 0 Å². The van der Waals surface area contributed by atoms with E-state index in [4.69, 9.17) is 0 Å². The van der Waals surface area contributed by atoms with Crippen molar-refractivity contribution in [1.82, 2.24) is 25.4 Å². The van der Waals surface area contributed by atoms with Crippen LogP contribution in [0.15, 0.2) is 40.5 Å². The molecular formula is C16H25IN6S. The van der Waals surface area contributed by atoms with Crippen molar-refractivity contribution in [2.45, 2.75) is 25.3 Å². The van der Waals surface area contributed by atoms with Gasteiger partial charge in [0.1, 0.15) is 18.7 Å². The summed E-state index contributed by atoms with van der Waals surface area (Å²) in [6.45, 7) is 6.35. The van der Waals surface area contributed by atoms with Gasteiger partial charge < -0.3 is 10.6 Å². The van der Waals surface area contributed by atoms with Crippen LogP contribution >= 0.6 is 35.7 Å². The molecule has 8 heteroatoms. The second kappa shape index (κ2) is 11.3. The van der Waals surface area contributed by atoms with Gasteiger partial charge in [-0.25, -0.2) is 9.98 Å². The Morgan fingerprint density at radius 3 is 2.62 bits per heavy atom. The van der Waals surface area contributed by atoms with Gasteiger partial charge in [0.25, 0.3) is 0 Å². The van der Waals surface area contributed by atoms with Crippen LogP contribution < -0.4 is 10.6 Å². The Bertz CT molecular complexity index is 626. The number of aliphatic imine (C=N–C) groups is 1. The molecule has 0 unspecified atom stereocenters. The SMILES string of the molecule is CCNC(=NCc1ncnn1C)NCCSc1ccc(C)cc1.I. The number of nitrogens with zero attached hydrogens (tertiary/aromatic N) is 4. The fourth-order valence-corrected chi connectivity index (χ4v) is 2.70. The zero-order chi connectivity index (χ0) is 16.5. The lowest BCUT2D eigenvalue weighted by Gasteiger charge is -2.11. The Kier molecular flexibility index (Phi) is 9.77. The van der Waals surface area contributed by atoms with Gasteiger partial charge in [-0.1, -0.05) is 17.7 Å². The maximum atomic E-state index is 4.53. The predicted octanol–water partition coefficient (Wildman–Crippen LogP) is 2.59. The molecule has 132 valence electrons. The predicted molar refractivity (Wildman–Crippen MR) is 111 cm³/mol. The minimum absolute atomic E-state index is 0. The lowest BCUT2D eigenvalue weighted by Crippen LogP contribution is -2.38. The molecule has 0 saturated heterocycles. The number of benzene rings is 1. The third-order valence-corrected chi connectivity index (χ3v) is 4.23. The van der Waals surface area contributed by atoms with Crippen LogP contribution in [0.4, 0.5) is 0 Å². The fraction of sp³-hybridized carbons (Fsp3) is 0.438. The van der Waals surface area contributed by atoms with Crippen LogP contribution in [0.3, 0.4) is 0 Å². The number of halogens is 1. The third kappa shape index (κ3) is 7.08. The lowest BCUT2D eigenvalue weighted by atomic mass is 10.2. The normalized spacial score (nSPS) is 11.0. The number of nitrogens with one attached hydrogen (secondary N) is 2. The molecule has 0 aliphatic rings. The molecule has 24 heavy (non-hydrogen) atoms. The first-order valence-electron chi connectivity index (χ1n) is 7.73. The molecule has 2 rings (SSSR count). The minimum Gasteiger partial charge on any atom is -0.357 e. The van der Waals surface area contributed by atoms with E-state index in [1.807, 2.05) is 18.8 Å². The summed E-state index contributed by atoms with van der Waals surface area (Å²) in [7, 11) is 1.87. The Morgan fingerprint density at radius 1 is 1.25 bits per heavy atom. The molecule has 1 aromatic carbocycles. The minimum atomic E-state index is 0. The average Bonchev–Trinajstić information content (AvgIpc) is 2.96. The summed E-state index contributed by atoms with van der Waals surface area (Å²) in [6.07, 6.45) is 1.55. The van der Waals surface area contributed by atoms with E-state index in [0.717, 1.165) is 30.6 Å². The first kappa shape index (κ1) is 20.8. The summed E-state index contributed by atoms with van der Waals surface area (Å²) in [5.74, 6) is 2.63. The molecule has 1 heterocycles. The second-order valence-electron chi connectivity index (χ2n) is 5.08. The molecule has 0 radical (unpaired) electrons. The van der Waals surface area contributed by atoms with E-state index in [-0.39, 0.29) is 24.0 Å². The van der Waals surface area contributed by atoms with Crippen LogP contribution in [-0.2, 0) is 13.6 Å². The van der Waals surface area contributed by atoms with Gasteiger partial charge in [0.05, 0.1) is 0 Å². The molecule has 0 aliphatic heterocycles. The summed E-state index contributed by atoms with van der Waals surface area (Å²) in [6, 6.07) is 8.60. The number of aromatic nitrogens is 3. The van der Waals surface area contributed by atoms with Crippen molar-refractivity contribution in [3.63, 3.8) is 0 Å². The molecule has 0 saturated carbocycles. The van der Waals surface area contributed by atoms with Crippen molar-refractivity contribution in [2.24, 2.45) is 12.0 Å². The number of guanidine groups is 1. The number of hydrogen-bond donors (Lipinski definition) is 2. The van der Waals surface area contributed by atoms with Crippen LogP contribution in [0, 0.1) is 6.92 Å². The first-order chi connectivity index (χ1) is 11.2. The molecule has 2 aromatic rings. The van der Waals surface area contributed by atoms with Crippen molar-refractivity contribution in [2.75, 3.05) is 18.8 Å². The molecule has 0 fully saturated rings. The van der Waals surface area contributed by atoms with Crippen molar-refractivity contribution >= 4 is 41.7 Å². The van der Waals surface area contributed by atoms with Gasteiger partial charge in [0, 0.05) is 30.8 Å². The van der Waals surface area contributed by atoms with Crippen LogP contribution in [0.1, 0.15) is 18.3 Å². The van der Waals surface area contributed by atoms with E-state index in [1.54, 1.807) is 11.0 Å². The monoisotopic (exact) mass is 460 g/mol. The summed E-state index contributed by atoms with van der Waals surface area (Å²) < 4.78 is 1.74. The van der Waals surface area contributed by atoms with E-state index in [1.165, 1.54) is 10.5 Å². The van der Waals surface area contributed by atoms with Gasteiger partial charge >= 0.3 is 0 Å². The van der Waals surface area contributed by atoms with Gasteiger partial charge in [-0.2, -0.15) is 5.10 Å². The van der Waals surface area contributed by atoms with Gasteiger partial charge in [-0.15, -0.1) is 35.7 Å². The van der Waals surface area contributed by atoms with E-state index < -0.39 is 0 Å². The van der Waals surface area contributed by atoms with Crippen LogP contribution in [0.5, 0.6) is 0 Å². The first-order valence-corrected chi connectivity index (χ1v) is 8.72. The molecule has 0 spiro atoms. The summed E-state index contributed by atoms with van der Waals surface area (Å²) in [5, 5.41) is 10.6. The van der Waals surface area contributed by atoms with Gasteiger partial charge in [0.2, 0.25) is 0 Å². The molecular weight excluding hydrogens is 435 g/mol. The average molecular weight is 460 g/mol. The highest BCUT2D eigenvalue weighted by atomic mass is 127. The zero-order valence-corrected chi connectivity index (χ0v) is 17.5. The smallest absolute Gasteiger partial charge is 0.191 e. The summed E-state index contributed by atoms with van der Waals surface area (Å²) in [4.78, 5) is 10.0. The number of thioether (sulfide) groups is 1. The van der Waals surface area contributed by atoms with E-state index in [2.05, 4.69) is 63.8 Å². The maximum Gasteiger partial charge on any atom is 0.191 e. The molecule has 0 amide bonds. The van der Waals surface area contributed by atoms with E-state index in [0.29, 0.717) is 6.54 Å². The molecule has 6 nitrogen and oxygen atoms in total. The van der Waals surface area contributed by atoms with Crippen molar-refractivity contribution < 1.29 is 0 Å². The molecule has 0 aliphatic carbocycles. The highest BCUT2D eigenvalue weighted by Gasteiger charge is 2.01. The molecule has 1 aromatic heterocycles. The largest absolute Gasteiger partial charge is 0.357 e. The third-order valence-electron chi connectivity index (χ3n) is 3.21. The zero-order valence-electron chi connectivity index (χ0n) is 14.3. The van der Waals surface area contributed by atoms with Crippen molar-refractivity contribution in [3.05, 3.63) is 42.0 Å². The topological polar surface area (TPSA) is 67.1 Å². The Morgan fingerprint density at radius 2 is 2.00 bits per heavy atom. The van der Waals surface area contributed by atoms with Gasteiger partial charge in [0.15, 0.2) is 5.96 Å². The van der Waals surface area contributed by atoms with Gasteiger partial charge in [-0.05, 0) is 26.0 Å². The highest BCUT2D eigenvalue weighted by Crippen LogP contribution is 2.17. The lowest BCUT2D eigenvalue weighted by molar-refractivity contribution is 0.698. The maximum absolute atomic E-state index is 4.53. The number of rotatable bonds is 7. The number of hydrogen-bond acceptors (Lipinski definition) is 4. The quantitative estimate of drug-likeness (QED) is 0.219. The van der Waals surface area contributed by atoms with Crippen LogP contribution in [-0.4, -0.2) is 39.6 Å². The Labute approximate surface area is 164 Å². The summed E-state index contributed by atoms with van der Waals surface area (Å²) >= 11 is 1.84. The molecule has 0 bridgehead atoms. The standard InChI is InChI=1S/C16H24N6S.HI/c1-4-17-16(19-11-15-20-12-21-22(15)3)18-9-10-23-14-7-5-13(2)6-8-14;/h5-8,12H,4,9-11H2,1-3H3,(H2,17,18,19);1H. The van der Waals surface area contributed by atoms with Crippen molar-refractivity contribution in [3.8, 4) is 0 Å². The Balaban J connectivity index is 0.00000288. The van der Waals surface area contributed by atoms with Gasteiger partial charge in [-0.3, -0.25) is 4.68 Å². The van der Waals surface area contributed by atoms with Crippen molar-refractivity contribution in [1.29, 1.82) is 0 Å². The van der Waals surface area contributed by atoms with E-state index in [9.17, 15) is 0 Å². The Hall–Kier alpha value is -1.29. The highest BCUT2D eigenvalue weighted by molar-refractivity contribution is 14.0. The van der Waals surface area contributed by atoms with Crippen LogP contribution in [0.25, 0.3) is 0 Å². The second-order valence-corrected chi connectivity index (χ2v) is 6.25. The fourth-order valence-electron chi connectivity index (χ4n) is 1.93. The van der Waals surface area contributed by atoms with Crippen LogP contribution in [0.2, 0.25) is 0 Å².